The number of halogens is 2. The van der Waals surface area contributed by atoms with Gasteiger partial charge in [-0.15, -0.1) is 0 Å². The first-order chi connectivity index (χ1) is 9.70. The molecule has 0 aliphatic rings. The molecule has 0 aromatic carbocycles. The number of pyridine rings is 2. The van der Waals surface area contributed by atoms with Gasteiger partial charge >= 0.3 is 0 Å². The molecule has 2 aromatic rings. The Morgan fingerprint density at radius 3 is 2.80 bits per heavy atom. The molecule has 20 heavy (non-hydrogen) atoms. The predicted molar refractivity (Wildman–Crippen MR) is 80.9 cm³/mol. The zero-order chi connectivity index (χ0) is 14.4. The van der Waals surface area contributed by atoms with E-state index in [1.165, 1.54) is 6.07 Å². The van der Waals surface area contributed by atoms with Gasteiger partial charge in [-0.05, 0) is 53.2 Å². The fourth-order valence-corrected chi connectivity index (χ4v) is 2.21. The van der Waals surface area contributed by atoms with E-state index < -0.39 is 0 Å². The summed E-state index contributed by atoms with van der Waals surface area (Å²) in [4.78, 5) is 8.51. The lowest BCUT2D eigenvalue weighted by Crippen LogP contribution is -2.26. The minimum Gasteiger partial charge on any atom is -0.308 e. The van der Waals surface area contributed by atoms with Crippen LogP contribution < -0.4 is 5.32 Å². The number of hydrogen-bond acceptors (Lipinski definition) is 3. The lowest BCUT2D eigenvalue weighted by atomic mass is 10.1. The average Bonchev–Trinajstić information content (AvgIpc) is 2.46. The van der Waals surface area contributed by atoms with E-state index in [0.717, 1.165) is 23.1 Å². The van der Waals surface area contributed by atoms with Gasteiger partial charge in [0.2, 0.25) is 0 Å². The SMILES string of the molecule is CCCNC(Cc1ccc(Br)cn1)c1ncccc1F. The van der Waals surface area contributed by atoms with Crippen molar-refractivity contribution < 1.29 is 4.39 Å². The van der Waals surface area contributed by atoms with Crippen LogP contribution in [0.25, 0.3) is 0 Å². The van der Waals surface area contributed by atoms with Gasteiger partial charge in [-0.1, -0.05) is 6.92 Å². The van der Waals surface area contributed by atoms with Crippen molar-refractivity contribution in [1.29, 1.82) is 0 Å². The van der Waals surface area contributed by atoms with Crippen LogP contribution in [0.4, 0.5) is 4.39 Å². The highest BCUT2D eigenvalue weighted by Gasteiger charge is 2.17. The Bertz CT molecular complexity index is 545. The van der Waals surface area contributed by atoms with Crippen LogP contribution in [0.5, 0.6) is 0 Å². The summed E-state index contributed by atoms with van der Waals surface area (Å²) in [7, 11) is 0. The van der Waals surface area contributed by atoms with Crippen molar-refractivity contribution in [1.82, 2.24) is 15.3 Å². The summed E-state index contributed by atoms with van der Waals surface area (Å²) in [5.74, 6) is -0.279. The molecular weight excluding hydrogens is 321 g/mol. The molecule has 2 aromatic heterocycles. The van der Waals surface area contributed by atoms with E-state index in [2.05, 4.69) is 38.1 Å². The first-order valence-electron chi connectivity index (χ1n) is 6.65. The molecule has 5 heteroatoms. The molecule has 0 aliphatic heterocycles. The van der Waals surface area contributed by atoms with Crippen LogP contribution in [0.15, 0.2) is 41.1 Å². The van der Waals surface area contributed by atoms with Crippen LogP contribution in [-0.2, 0) is 6.42 Å². The van der Waals surface area contributed by atoms with Crippen molar-refractivity contribution >= 4 is 15.9 Å². The highest BCUT2D eigenvalue weighted by atomic mass is 79.9. The van der Waals surface area contributed by atoms with Crippen molar-refractivity contribution in [2.24, 2.45) is 0 Å². The maximum absolute atomic E-state index is 13.9. The molecule has 0 radical (unpaired) electrons. The molecule has 0 saturated heterocycles. The molecule has 0 bridgehead atoms. The minimum absolute atomic E-state index is 0.162. The number of nitrogens with zero attached hydrogens (tertiary/aromatic N) is 2. The molecule has 1 atom stereocenters. The molecular formula is C15H17BrFN3. The van der Waals surface area contributed by atoms with Gasteiger partial charge in [0, 0.05) is 29.0 Å². The normalized spacial score (nSPS) is 12.3. The third-order valence-corrected chi connectivity index (χ3v) is 3.43. The fraction of sp³-hybridized carbons (Fsp3) is 0.333. The summed E-state index contributed by atoms with van der Waals surface area (Å²) in [6.07, 6.45) is 4.97. The van der Waals surface area contributed by atoms with Crippen molar-refractivity contribution in [3.8, 4) is 0 Å². The van der Waals surface area contributed by atoms with Gasteiger partial charge in [0.25, 0.3) is 0 Å². The summed E-state index contributed by atoms with van der Waals surface area (Å²) >= 11 is 3.36. The zero-order valence-corrected chi connectivity index (χ0v) is 12.9. The Balaban J connectivity index is 2.19. The van der Waals surface area contributed by atoms with Crippen molar-refractivity contribution in [3.05, 3.63) is 58.3 Å². The van der Waals surface area contributed by atoms with E-state index >= 15 is 0 Å². The molecule has 0 aliphatic carbocycles. The molecule has 0 fully saturated rings. The number of nitrogens with one attached hydrogen (secondary N) is 1. The zero-order valence-electron chi connectivity index (χ0n) is 11.3. The number of aromatic nitrogens is 2. The lowest BCUT2D eigenvalue weighted by Gasteiger charge is -2.18. The summed E-state index contributed by atoms with van der Waals surface area (Å²) in [6, 6.07) is 6.76. The molecule has 0 saturated carbocycles. The van der Waals surface area contributed by atoms with E-state index in [4.69, 9.17) is 0 Å². The van der Waals surface area contributed by atoms with Crippen LogP contribution in [0, 0.1) is 5.82 Å². The smallest absolute Gasteiger partial charge is 0.146 e. The third-order valence-electron chi connectivity index (χ3n) is 2.96. The van der Waals surface area contributed by atoms with Crippen LogP contribution in [0.1, 0.15) is 30.8 Å². The second-order valence-corrected chi connectivity index (χ2v) is 5.46. The van der Waals surface area contributed by atoms with Crippen molar-refractivity contribution in [2.75, 3.05) is 6.54 Å². The Hall–Kier alpha value is -1.33. The average molecular weight is 338 g/mol. The molecule has 3 nitrogen and oxygen atoms in total. The molecule has 1 unspecified atom stereocenters. The summed E-state index contributed by atoms with van der Waals surface area (Å²) in [5.41, 5.74) is 1.36. The van der Waals surface area contributed by atoms with Crippen LogP contribution >= 0.6 is 15.9 Å². The molecule has 2 rings (SSSR count). The first kappa shape index (κ1) is 15.1. The van der Waals surface area contributed by atoms with Crippen LogP contribution in [0.3, 0.4) is 0 Å². The maximum atomic E-state index is 13.9. The largest absolute Gasteiger partial charge is 0.308 e. The van der Waals surface area contributed by atoms with Gasteiger partial charge in [0.05, 0.1) is 11.7 Å². The third kappa shape index (κ3) is 4.08. The Morgan fingerprint density at radius 2 is 2.15 bits per heavy atom. The molecule has 2 heterocycles. The van der Waals surface area contributed by atoms with E-state index in [1.807, 2.05) is 12.1 Å². The van der Waals surface area contributed by atoms with Gasteiger partial charge < -0.3 is 5.32 Å². The molecule has 1 N–H and O–H groups in total. The van der Waals surface area contributed by atoms with E-state index in [9.17, 15) is 4.39 Å². The highest BCUT2D eigenvalue weighted by molar-refractivity contribution is 9.10. The Labute approximate surface area is 126 Å². The van der Waals surface area contributed by atoms with Gasteiger partial charge in [-0.3, -0.25) is 9.97 Å². The highest BCUT2D eigenvalue weighted by Crippen LogP contribution is 2.19. The summed E-state index contributed by atoms with van der Waals surface area (Å²) in [5, 5.41) is 3.34. The predicted octanol–water partition coefficient (Wildman–Crippen LogP) is 3.66. The Morgan fingerprint density at radius 1 is 1.30 bits per heavy atom. The minimum atomic E-state index is -0.279. The van der Waals surface area contributed by atoms with Gasteiger partial charge in [-0.2, -0.15) is 0 Å². The fourth-order valence-electron chi connectivity index (χ4n) is 1.97. The topological polar surface area (TPSA) is 37.8 Å². The van der Waals surface area contributed by atoms with Gasteiger partial charge in [0.15, 0.2) is 0 Å². The van der Waals surface area contributed by atoms with E-state index in [1.54, 1.807) is 18.5 Å². The monoisotopic (exact) mass is 337 g/mol. The molecule has 0 spiro atoms. The molecule has 0 amide bonds. The quantitative estimate of drug-likeness (QED) is 0.873. The van der Waals surface area contributed by atoms with E-state index in [-0.39, 0.29) is 11.9 Å². The van der Waals surface area contributed by atoms with E-state index in [0.29, 0.717) is 12.1 Å². The number of rotatable bonds is 6. The van der Waals surface area contributed by atoms with Gasteiger partial charge in [-0.25, -0.2) is 4.39 Å². The van der Waals surface area contributed by atoms with Crippen molar-refractivity contribution in [3.63, 3.8) is 0 Å². The van der Waals surface area contributed by atoms with Crippen LogP contribution in [-0.4, -0.2) is 16.5 Å². The van der Waals surface area contributed by atoms with Crippen LogP contribution in [0.2, 0.25) is 0 Å². The second-order valence-electron chi connectivity index (χ2n) is 4.55. The Kier molecular flexibility index (Phi) is 5.61. The summed E-state index contributed by atoms with van der Waals surface area (Å²) < 4.78 is 14.8. The lowest BCUT2D eigenvalue weighted by molar-refractivity contribution is 0.479. The van der Waals surface area contributed by atoms with Gasteiger partial charge in [0.1, 0.15) is 5.82 Å². The summed E-state index contributed by atoms with van der Waals surface area (Å²) in [6.45, 7) is 2.90. The van der Waals surface area contributed by atoms with Crippen molar-refractivity contribution in [2.45, 2.75) is 25.8 Å². The molecule has 106 valence electrons. The first-order valence-corrected chi connectivity index (χ1v) is 7.44. The standard InChI is InChI=1S/C15H17BrFN3/c1-2-7-18-14(15-13(17)4-3-8-19-15)9-12-6-5-11(16)10-20-12/h3-6,8,10,14,18H,2,7,9H2,1H3. The maximum Gasteiger partial charge on any atom is 0.146 e. The second kappa shape index (κ2) is 7.45. The number of hydrogen-bond donors (Lipinski definition) is 1.